The van der Waals surface area contributed by atoms with Gasteiger partial charge < -0.3 is 29.4 Å². The molecule has 4 rings (SSSR count). The van der Waals surface area contributed by atoms with E-state index in [9.17, 15) is 9.59 Å². The van der Waals surface area contributed by atoms with Crippen molar-refractivity contribution >= 4 is 34.3 Å². The molecule has 216 valence electrons. The quantitative estimate of drug-likeness (QED) is 0.198. The second-order valence-electron chi connectivity index (χ2n) is 9.92. The highest BCUT2D eigenvalue weighted by molar-refractivity contribution is 6.11. The molecule has 2 N–H and O–H groups in total. The third-order valence-electron chi connectivity index (χ3n) is 6.98. The number of hydrogen-bond acceptors (Lipinski definition) is 7. The van der Waals surface area contributed by atoms with E-state index in [4.69, 9.17) is 19.2 Å². The molecular weight excluding hydrogens is 520 g/mol. The highest BCUT2D eigenvalue weighted by Gasteiger charge is 2.26. The molecule has 0 bridgehead atoms. The average molecular weight is 559 g/mol. The van der Waals surface area contributed by atoms with E-state index in [1.807, 2.05) is 48.5 Å². The van der Waals surface area contributed by atoms with Gasteiger partial charge in [0.05, 0.1) is 38.4 Å². The molecule has 2 aromatic carbocycles. The molecule has 0 aliphatic heterocycles. The normalized spacial score (nSPS) is 11.7. The summed E-state index contributed by atoms with van der Waals surface area (Å²) in [6.07, 6.45) is 4.40. The van der Waals surface area contributed by atoms with Crippen LogP contribution >= 0.6 is 0 Å². The second-order valence-corrected chi connectivity index (χ2v) is 9.92. The van der Waals surface area contributed by atoms with Gasteiger partial charge in [-0.3, -0.25) is 4.79 Å². The first-order valence-electron chi connectivity index (χ1n) is 13.8. The lowest BCUT2D eigenvalue weighted by molar-refractivity contribution is -0.116. The Morgan fingerprint density at radius 3 is 2.39 bits per heavy atom. The van der Waals surface area contributed by atoms with E-state index in [0.29, 0.717) is 36.3 Å². The molecule has 0 saturated carbocycles. The molecule has 2 aromatic heterocycles. The van der Waals surface area contributed by atoms with E-state index in [0.717, 1.165) is 29.8 Å². The van der Waals surface area contributed by atoms with E-state index in [1.165, 1.54) is 12.7 Å². The number of rotatable bonds is 14. The summed E-state index contributed by atoms with van der Waals surface area (Å²) in [6, 6.07) is 20.0. The zero-order chi connectivity index (χ0) is 29.2. The van der Waals surface area contributed by atoms with Gasteiger partial charge in [-0.1, -0.05) is 42.5 Å². The lowest BCUT2D eigenvalue weighted by atomic mass is 10.1. The van der Waals surface area contributed by atoms with Crippen LogP contribution in [-0.4, -0.2) is 55.4 Å². The third-order valence-corrected chi connectivity index (χ3v) is 6.98. The van der Waals surface area contributed by atoms with Crippen LogP contribution in [0.1, 0.15) is 41.4 Å². The first-order valence-corrected chi connectivity index (χ1v) is 13.8. The predicted octanol–water partition coefficient (Wildman–Crippen LogP) is 5.48. The van der Waals surface area contributed by atoms with Crippen LogP contribution in [0.2, 0.25) is 0 Å². The van der Waals surface area contributed by atoms with Gasteiger partial charge in [-0.15, -0.1) is 0 Å². The highest BCUT2D eigenvalue weighted by Crippen LogP contribution is 2.33. The van der Waals surface area contributed by atoms with Crippen LogP contribution in [0.15, 0.2) is 66.9 Å². The minimum Gasteiger partial charge on any atom is -0.497 e. The number of pyridine rings is 1. The molecule has 9 nitrogen and oxygen atoms in total. The molecule has 0 aliphatic rings. The van der Waals surface area contributed by atoms with Gasteiger partial charge in [0.1, 0.15) is 11.4 Å². The molecule has 0 radical (unpaired) electrons. The number of fused-ring (bicyclic) bond motifs is 1. The molecule has 0 saturated heterocycles. The van der Waals surface area contributed by atoms with Crippen molar-refractivity contribution in [3.05, 3.63) is 83.7 Å². The third kappa shape index (κ3) is 7.64. The number of nitrogens with zero attached hydrogens (tertiary/aromatic N) is 2. The Labute approximate surface area is 240 Å². The number of ether oxygens (including phenoxy) is 3. The van der Waals surface area contributed by atoms with Crippen molar-refractivity contribution in [3.63, 3.8) is 0 Å². The summed E-state index contributed by atoms with van der Waals surface area (Å²) in [5, 5.41) is 7.17. The highest BCUT2D eigenvalue weighted by atomic mass is 16.5. The van der Waals surface area contributed by atoms with Gasteiger partial charge in [-0.2, -0.15) is 0 Å². The zero-order valence-electron chi connectivity index (χ0n) is 24.1. The molecule has 1 atom stereocenters. The smallest absolute Gasteiger partial charge is 0.356 e. The van der Waals surface area contributed by atoms with E-state index in [2.05, 4.69) is 29.7 Å². The zero-order valence-corrected chi connectivity index (χ0v) is 24.1. The summed E-state index contributed by atoms with van der Waals surface area (Å²) in [6.45, 7) is 2.85. The summed E-state index contributed by atoms with van der Waals surface area (Å²) in [4.78, 5) is 30.8. The van der Waals surface area contributed by atoms with Gasteiger partial charge in [0, 0.05) is 31.5 Å². The number of nitrogens with one attached hydrogen (secondary N) is 2. The van der Waals surface area contributed by atoms with Gasteiger partial charge >= 0.3 is 5.97 Å². The topological polar surface area (TPSA) is 104 Å². The number of methoxy groups -OCH3 is 3. The SMILES string of the molecule is COCCn1c(C(=O)OC)c(NC(=O)CCc2ccccc2)c2cc(NC(C)CCc3ccc(OC)cc3)cnc21. The number of amides is 1. The fourth-order valence-electron chi connectivity index (χ4n) is 4.78. The van der Waals surface area contributed by atoms with Crippen molar-refractivity contribution in [1.82, 2.24) is 9.55 Å². The average Bonchev–Trinajstić information content (AvgIpc) is 3.30. The first kappa shape index (κ1) is 29.6. The monoisotopic (exact) mass is 558 g/mol. The maximum Gasteiger partial charge on any atom is 0.356 e. The second kappa shape index (κ2) is 14.3. The maximum atomic E-state index is 13.1. The van der Waals surface area contributed by atoms with Crippen LogP contribution in [0, 0.1) is 0 Å². The number of hydrogen-bond donors (Lipinski definition) is 2. The van der Waals surface area contributed by atoms with Crippen LogP contribution in [0.5, 0.6) is 5.75 Å². The van der Waals surface area contributed by atoms with Gasteiger partial charge in [-0.25, -0.2) is 9.78 Å². The molecule has 0 spiro atoms. The van der Waals surface area contributed by atoms with Crippen molar-refractivity contribution in [2.45, 2.75) is 45.2 Å². The van der Waals surface area contributed by atoms with Crippen LogP contribution in [0.3, 0.4) is 0 Å². The van der Waals surface area contributed by atoms with E-state index in [-0.39, 0.29) is 24.1 Å². The van der Waals surface area contributed by atoms with Crippen LogP contribution in [-0.2, 0) is 33.7 Å². The number of aromatic nitrogens is 2. The summed E-state index contributed by atoms with van der Waals surface area (Å²) in [5.74, 6) is 0.0851. The summed E-state index contributed by atoms with van der Waals surface area (Å²) >= 11 is 0. The molecule has 4 aromatic rings. The van der Waals surface area contributed by atoms with Crippen molar-refractivity contribution < 1.29 is 23.8 Å². The molecule has 2 heterocycles. The van der Waals surface area contributed by atoms with Crippen LogP contribution in [0.4, 0.5) is 11.4 Å². The first-order chi connectivity index (χ1) is 19.9. The molecule has 1 unspecified atom stereocenters. The number of carbonyl (C=O) groups excluding carboxylic acids is 2. The van der Waals surface area contributed by atoms with E-state index < -0.39 is 5.97 Å². The lowest BCUT2D eigenvalue weighted by Gasteiger charge is -2.15. The number of esters is 1. The summed E-state index contributed by atoms with van der Waals surface area (Å²) in [5.41, 5.74) is 4.28. The number of benzene rings is 2. The molecule has 41 heavy (non-hydrogen) atoms. The standard InChI is InChI=1S/C32H38N4O5/c1-22(10-11-24-12-15-26(40-3)16-13-24)34-25-20-27-29(35-28(37)17-14-23-8-6-5-7-9-23)30(32(38)41-4)36(18-19-39-2)31(27)33-21-25/h5-9,12-13,15-16,20-22,34H,10-11,14,17-19H2,1-4H3,(H,35,37). The van der Waals surface area contributed by atoms with Gasteiger partial charge in [-0.05, 0) is 55.5 Å². The molecule has 9 heteroatoms. The Balaban J connectivity index is 1.58. The van der Waals surface area contributed by atoms with Gasteiger partial charge in [0.15, 0.2) is 5.69 Å². The molecule has 0 fully saturated rings. The molecular formula is C32H38N4O5. The van der Waals surface area contributed by atoms with Crippen LogP contribution < -0.4 is 15.4 Å². The Hall–Kier alpha value is -4.37. The molecule has 1 amide bonds. The number of carbonyl (C=O) groups is 2. The van der Waals surface area contributed by atoms with Crippen molar-refractivity contribution in [2.24, 2.45) is 0 Å². The van der Waals surface area contributed by atoms with Crippen molar-refractivity contribution in [2.75, 3.05) is 38.6 Å². The van der Waals surface area contributed by atoms with E-state index in [1.54, 1.807) is 25.0 Å². The Kier molecular flexibility index (Phi) is 10.3. The Morgan fingerprint density at radius 1 is 0.976 bits per heavy atom. The Bertz CT molecular complexity index is 1450. The lowest BCUT2D eigenvalue weighted by Crippen LogP contribution is -2.18. The molecule has 0 aliphatic carbocycles. The summed E-state index contributed by atoms with van der Waals surface area (Å²) in [7, 11) is 4.58. The van der Waals surface area contributed by atoms with Crippen molar-refractivity contribution in [1.29, 1.82) is 0 Å². The fourth-order valence-corrected chi connectivity index (χ4v) is 4.78. The number of anilines is 2. The predicted molar refractivity (Wildman–Crippen MR) is 161 cm³/mol. The minimum absolute atomic E-state index is 0.149. The van der Waals surface area contributed by atoms with Crippen LogP contribution in [0.25, 0.3) is 11.0 Å². The van der Waals surface area contributed by atoms with E-state index >= 15 is 0 Å². The maximum absolute atomic E-state index is 13.1. The fraction of sp³-hybridized carbons (Fsp3) is 0.344. The minimum atomic E-state index is -0.556. The van der Waals surface area contributed by atoms with Gasteiger partial charge in [0.25, 0.3) is 0 Å². The summed E-state index contributed by atoms with van der Waals surface area (Å²) < 4.78 is 17.4. The number of aryl methyl sites for hydroxylation is 2. The largest absolute Gasteiger partial charge is 0.497 e. The van der Waals surface area contributed by atoms with Gasteiger partial charge in [0.2, 0.25) is 5.91 Å². The Morgan fingerprint density at radius 2 is 1.71 bits per heavy atom. The van der Waals surface area contributed by atoms with Crippen molar-refractivity contribution in [3.8, 4) is 5.75 Å².